The zero-order valence-corrected chi connectivity index (χ0v) is 62.2. The van der Waals surface area contributed by atoms with Crippen molar-refractivity contribution >= 4 is 115 Å². The normalized spacial score (nSPS) is 15.6. The van der Waals surface area contributed by atoms with E-state index in [1.165, 1.54) is 209 Å². The summed E-state index contributed by atoms with van der Waals surface area (Å²) in [4.78, 5) is 5.14. The van der Waals surface area contributed by atoms with Crippen LogP contribution < -0.4 is 9.80 Å². The Morgan fingerprint density at radius 3 is 1.03 bits per heavy atom. The van der Waals surface area contributed by atoms with E-state index in [-0.39, 0.29) is 21.7 Å². The van der Waals surface area contributed by atoms with Gasteiger partial charge in [0.25, 0.3) is 0 Å². The third kappa shape index (κ3) is 8.27. The molecule has 2 heteroatoms. The molecule has 0 fully saturated rings. The molecular weight excluding hydrogens is 1300 g/mol. The predicted molar refractivity (Wildman–Crippen MR) is 460 cm³/mol. The van der Waals surface area contributed by atoms with E-state index in [2.05, 4.69) is 369 Å². The highest BCUT2D eigenvalue weighted by Crippen LogP contribution is 2.61. The van der Waals surface area contributed by atoms with Crippen LogP contribution >= 0.6 is 0 Å². The van der Waals surface area contributed by atoms with E-state index < -0.39 is 0 Å². The number of fused-ring (bicyclic) bond motifs is 14. The molecule has 0 N–H and O–H groups in total. The first kappa shape index (κ1) is 61.9. The predicted octanol–water partition coefficient (Wildman–Crippen LogP) is 29.2. The molecule has 108 heavy (non-hydrogen) atoms. The Morgan fingerprint density at radius 2 is 0.574 bits per heavy atom. The fraction of sp³-hybridized carbons (Fsp3) is 0.132. The Bertz CT molecular complexity index is 7080. The van der Waals surface area contributed by atoms with Gasteiger partial charge in [-0.15, -0.1) is 0 Å². The molecule has 512 valence electrons. The summed E-state index contributed by atoms with van der Waals surface area (Å²) in [7, 11) is 0. The van der Waals surface area contributed by atoms with Gasteiger partial charge in [-0.25, -0.2) is 0 Å². The Balaban J connectivity index is 0.787. The van der Waals surface area contributed by atoms with E-state index in [1.54, 1.807) is 0 Å². The lowest BCUT2D eigenvalue weighted by atomic mass is 9.79. The largest absolute Gasteiger partial charge is 0.314 e. The lowest BCUT2D eigenvalue weighted by Crippen LogP contribution is -2.19. The van der Waals surface area contributed by atoms with E-state index in [0.717, 1.165) is 35.6 Å². The average Bonchev–Trinajstić information content (AvgIpc) is 1.31. The van der Waals surface area contributed by atoms with Crippen LogP contribution in [0.1, 0.15) is 113 Å². The average molecular weight is 1380 g/mol. The van der Waals surface area contributed by atoms with Gasteiger partial charge in [0.2, 0.25) is 0 Å². The number of para-hydroxylation sites is 1. The summed E-state index contributed by atoms with van der Waals surface area (Å²) in [6, 6.07) is 111. The third-order valence-corrected chi connectivity index (χ3v) is 26.7. The van der Waals surface area contributed by atoms with Crippen molar-refractivity contribution in [2.75, 3.05) is 9.80 Å². The fourth-order valence-electron chi connectivity index (χ4n) is 21.4. The van der Waals surface area contributed by atoms with Crippen LogP contribution in [0.3, 0.4) is 0 Å². The van der Waals surface area contributed by atoms with Crippen molar-refractivity contribution in [1.29, 1.82) is 0 Å². The van der Waals surface area contributed by atoms with Crippen molar-refractivity contribution in [2.45, 2.75) is 89.9 Å². The van der Waals surface area contributed by atoms with Gasteiger partial charge >= 0.3 is 0 Å². The van der Waals surface area contributed by atoms with Crippen molar-refractivity contribution < 1.29 is 0 Å². The van der Waals surface area contributed by atoms with Crippen LogP contribution in [0, 0.1) is 0 Å². The molecule has 23 rings (SSSR count). The molecule has 0 spiro atoms. The molecule has 0 unspecified atom stereocenters. The van der Waals surface area contributed by atoms with Crippen LogP contribution in [0.5, 0.6) is 0 Å². The molecule has 0 aromatic heterocycles. The van der Waals surface area contributed by atoms with E-state index in [4.69, 9.17) is 0 Å². The standard InChI is InChI=1S/C106H78N2/c1-103(2)89-31-17-15-29-73(89)83-57-95-85(59-93(83)103)75-49-41-71(55-91(75)105(95,5)6)107(67-25-11-9-12-26-67)69-43-51-81-87(53-69)101(79-47-39-65-35-33-61-21-19-23-63-37-45-77(79)99(65)97(61)63)82-52-44-70(54-88(82)102(81)80-48-40-66-36-34-62-22-20-24-64-38-46-78(80)100(66)98(62)64)108(68-27-13-10-14-28-68)72-42-50-76-86-60-94-84(58-96(86)106(7,8)92(76)56-72)74-30-16-18-32-90(74)104(94,3)4/h9-13,15-27,29-60H,14,28H2,1-8H3. The maximum absolute atomic E-state index is 2.61. The number of hydrogen-bond donors (Lipinski definition) is 0. The highest BCUT2D eigenvalue weighted by molar-refractivity contribution is 6.33. The van der Waals surface area contributed by atoms with Crippen molar-refractivity contribution in [3.05, 3.63) is 354 Å². The minimum Gasteiger partial charge on any atom is -0.314 e. The minimum atomic E-state index is -0.271. The SMILES string of the molecule is CC1(C)c2ccccc2-c2cc3c(cc21)-c1ccc(N(C2=CC=CCC2)c2ccc4c(-c5ccc6ccc7cccc8ccc5c6c78)c5cc(N(c6ccccc6)c6ccc7c(c6)C(C)(C)c6cc8c(cc6-7)C(C)(C)c6ccccc6-8)ccc5c(-c5ccc6ccc7cccc8ccc5c6c78)c4c2)cc1C3(C)C. The number of allylic oxidation sites excluding steroid dienone is 4. The van der Waals surface area contributed by atoms with Crippen LogP contribution in [-0.2, 0) is 21.7 Å². The second kappa shape index (κ2) is 21.7. The van der Waals surface area contributed by atoms with Crippen molar-refractivity contribution in [1.82, 2.24) is 0 Å². The molecule has 0 atom stereocenters. The number of benzene rings is 18. The summed E-state index contributed by atoms with van der Waals surface area (Å²) in [5.74, 6) is 0. The molecule has 0 aliphatic heterocycles. The summed E-state index contributed by atoms with van der Waals surface area (Å²) in [6.45, 7) is 19.4. The zero-order chi connectivity index (χ0) is 72.2. The monoisotopic (exact) mass is 1380 g/mol. The summed E-state index contributed by atoms with van der Waals surface area (Å²) >= 11 is 0. The second-order valence-corrected chi connectivity index (χ2v) is 33.7. The Kier molecular flexibility index (Phi) is 12.4. The first-order valence-corrected chi connectivity index (χ1v) is 38.8. The quantitative estimate of drug-likeness (QED) is 0.111. The molecule has 18 aromatic carbocycles. The van der Waals surface area contributed by atoms with E-state index in [9.17, 15) is 0 Å². The molecule has 5 aliphatic rings. The molecule has 0 heterocycles. The van der Waals surface area contributed by atoms with E-state index >= 15 is 0 Å². The first-order chi connectivity index (χ1) is 52.6. The number of nitrogens with zero attached hydrogens (tertiary/aromatic N) is 2. The summed E-state index contributed by atoms with van der Waals surface area (Å²) in [5.41, 5.74) is 33.1. The highest BCUT2D eigenvalue weighted by Gasteiger charge is 2.44. The van der Waals surface area contributed by atoms with E-state index in [1.807, 2.05) is 0 Å². The Hall–Kier alpha value is -12.4. The van der Waals surface area contributed by atoms with Gasteiger partial charge in [-0.3, -0.25) is 0 Å². The van der Waals surface area contributed by atoms with E-state index in [0.29, 0.717) is 0 Å². The van der Waals surface area contributed by atoms with Gasteiger partial charge in [-0.05, 0) is 301 Å². The fourth-order valence-corrected chi connectivity index (χ4v) is 21.4. The lowest BCUT2D eigenvalue weighted by molar-refractivity contribution is 0.652. The zero-order valence-electron chi connectivity index (χ0n) is 62.2. The van der Waals surface area contributed by atoms with Gasteiger partial charge in [0.1, 0.15) is 0 Å². The molecule has 18 aromatic rings. The highest BCUT2D eigenvalue weighted by atomic mass is 15.2. The molecule has 5 aliphatic carbocycles. The summed E-state index contributed by atoms with van der Waals surface area (Å²) in [6.07, 6.45) is 8.85. The molecular formula is C106H78N2. The van der Waals surface area contributed by atoms with Crippen molar-refractivity contribution in [3.63, 3.8) is 0 Å². The Morgan fingerprint density at radius 1 is 0.231 bits per heavy atom. The molecule has 0 amide bonds. The third-order valence-electron chi connectivity index (χ3n) is 26.7. The molecule has 0 radical (unpaired) electrons. The van der Waals surface area contributed by atoms with Gasteiger partial charge in [0.15, 0.2) is 0 Å². The maximum atomic E-state index is 2.61. The van der Waals surface area contributed by atoms with Crippen LogP contribution in [0.4, 0.5) is 28.4 Å². The summed E-state index contributed by atoms with van der Waals surface area (Å²) < 4.78 is 0. The van der Waals surface area contributed by atoms with Gasteiger partial charge in [-0.2, -0.15) is 0 Å². The lowest BCUT2D eigenvalue weighted by Gasteiger charge is -2.31. The summed E-state index contributed by atoms with van der Waals surface area (Å²) in [5, 5.41) is 20.1. The molecule has 2 nitrogen and oxygen atoms in total. The smallest absolute Gasteiger partial charge is 0.0468 e. The Labute approximate surface area is 630 Å². The van der Waals surface area contributed by atoms with Crippen LogP contribution in [0.25, 0.3) is 153 Å². The maximum Gasteiger partial charge on any atom is 0.0468 e. The number of rotatable bonds is 8. The van der Waals surface area contributed by atoms with Crippen LogP contribution in [-0.4, -0.2) is 0 Å². The van der Waals surface area contributed by atoms with Gasteiger partial charge < -0.3 is 9.80 Å². The van der Waals surface area contributed by atoms with Gasteiger partial charge in [0, 0.05) is 55.8 Å². The molecule has 0 saturated carbocycles. The van der Waals surface area contributed by atoms with Gasteiger partial charge in [0.05, 0.1) is 0 Å². The first-order valence-electron chi connectivity index (χ1n) is 38.8. The topological polar surface area (TPSA) is 6.48 Å². The van der Waals surface area contributed by atoms with Gasteiger partial charge in [-0.1, -0.05) is 268 Å². The second-order valence-electron chi connectivity index (χ2n) is 33.7. The van der Waals surface area contributed by atoms with Crippen molar-refractivity contribution in [3.8, 4) is 66.8 Å². The van der Waals surface area contributed by atoms with Crippen LogP contribution in [0.2, 0.25) is 0 Å². The molecule has 0 bridgehead atoms. The number of anilines is 5. The molecule has 0 saturated heterocycles. The minimum absolute atomic E-state index is 0.101. The van der Waals surface area contributed by atoms with Crippen molar-refractivity contribution in [2.24, 2.45) is 0 Å². The number of hydrogen-bond acceptors (Lipinski definition) is 2. The van der Waals surface area contributed by atoms with Crippen LogP contribution in [0.15, 0.2) is 309 Å².